The summed E-state index contributed by atoms with van der Waals surface area (Å²) < 4.78 is 32.7. The fraction of sp³-hybridized carbons (Fsp3) is 0.348. The first-order valence-corrected chi connectivity index (χ1v) is 12.3. The predicted octanol–water partition coefficient (Wildman–Crippen LogP) is 3.43. The Kier molecular flexibility index (Phi) is 5.52. The Balaban J connectivity index is 1.31. The van der Waals surface area contributed by atoms with Gasteiger partial charge in [-0.3, -0.25) is 4.79 Å². The number of aromatic nitrogens is 2. The summed E-state index contributed by atoms with van der Waals surface area (Å²) in [6.07, 6.45) is 3.17. The average molecular weight is 453 g/mol. The van der Waals surface area contributed by atoms with E-state index >= 15 is 0 Å². The molecule has 2 fully saturated rings. The minimum absolute atomic E-state index is 0.0215. The van der Waals surface area contributed by atoms with Crippen molar-refractivity contribution in [2.24, 2.45) is 0 Å². The van der Waals surface area contributed by atoms with Crippen LogP contribution in [0.25, 0.3) is 11.4 Å². The Labute approximate surface area is 186 Å². The molecule has 2 aliphatic heterocycles. The number of hydrogen-bond acceptors (Lipinski definition) is 6. The Morgan fingerprint density at radius 1 is 0.938 bits per heavy atom. The van der Waals surface area contributed by atoms with Crippen molar-refractivity contribution in [3.05, 3.63) is 60.5 Å². The number of carbonyl (C=O) groups is 1. The number of piperidine rings is 1. The molecular weight excluding hydrogens is 428 g/mol. The van der Waals surface area contributed by atoms with E-state index < -0.39 is 10.0 Å². The van der Waals surface area contributed by atoms with Crippen LogP contribution in [0.3, 0.4) is 0 Å². The number of hydrogen-bond donors (Lipinski definition) is 0. The van der Waals surface area contributed by atoms with Crippen molar-refractivity contribution < 1.29 is 17.7 Å². The SMILES string of the molecule is O=C1C[C@@H](c2nc(-c3ccc(S(=O)(=O)N4CCCCC4)cc3)no2)CN1c1ccccc1. The van der Waals surface area contributed by atoms with E-state index in [2.05, 4.69) is 10.1 Å². The highest BCUT2D eigenvalue weighted by Gasteiger charge is 2.35. The van der Waals surface area contributed by atoms with Crippen LogP contribution >= 0.6 is 0 Å². The molecule has 8 nitrogen and oxygen atoms in total. The lowest BCUT2D eigenvalue weighted by molar-refractivity contribution is -0.117. The van der Waals surface area contributed by atoms with E-state index in [9.17, 15) is 13.2 Å². The number of nitrogens with zero attached hydrogens (tertiary/aromatic N) is 4. The van der Waals surface area contributed by atoms with Crippen molar-refractivity contribution in [3.63, 3.8) is 0 Å². The molecule has 0 radical (unpaired) electrons. The van der Waals surface area contributed by atoms with E-state index in [0.717, 1.165) is 24.9 Å². The van der Waals surface area contributed by atoms with Gasteiger partial charge < -0.3 is 9.42 Å². The maximum atomic E-state index is 12.8. The molecule has 0 unspecified atom stereocenters. The van der Waals surface area contributed by atoms with E-state index in [4.69, 9.17) is 4.52 Å². The Morgan fingerprint density at radius 3 is 2.38 bits per heavy atom. The highest BCUT2D eigenvalue weighted by Crippen LogP contribution is 2.32. The maximum absolute atomic E-state index is 12.8. The van der Waals surface area contributed by atoms with E-state index in [-0.39, 0.29) is 16.7 Å². The molecule has 1 aromatic heterocycles. The van der Waals surface area contributed by atoms with Crippen LogP contribution in [0, 0.1) is 0 Å². The largest absolute Gasteiger partial charge is 0.339 e. The van der Waals surface area contributed by atoms with Crippen molar-refractivity contribution in [3.8, 4) is 11.4 Å². The average Bonchev–Trinajstić information content (AvgIpc) is 3.47. The molecule has 2 aliphatic rings. The molecule has 0 N–H and O–H groups in total. The van der Waals surface area contributed by atoms with Gasteiger partial charge in [0.05, 0.1) is 10.8 Å². The first-order chi connectivity index (χ1) is 15.5. The highest BCUT2D eigenvalue weighted by molar-refractivity contribution is 7.89. The minimum Gasteiger partial charge on any atom is -0.339 e. The molecule has 2 aromatic carbocycles. The summed E-state index contributed by atoms with van der Waals surface area (Å²) in [5, 5.41) is 4.06. The minimum atomic E-state index is -3.48. The molecule has 1 atom stereocenters. The van der Waals surface area contributed by atoms with Gasteiger partial charge >= 0.3 is 0 Å². The van der Waals surface area contributed by atoms with Gasteiger partial charge in [-0.2, -0.15) is 9.29 Å². The molecule has 0 saturated carbocycles. The first-order valence-electron chi connectivity index (χ1n) is 10.8. The molecular formula is C23H24N4O4S. The number of sulfonamides is 1. The molecule has 2 saturated heterocycles. The van der Waals surface area contributed by atoms with E-state index in [1.54, 1.807) is 33.5 Å². The van der Waals surface area contributed by atoms with E-state index in [1.807, 2.05) is 30.3 Å². The van der Waals surface area contributed by atoms with Crippen LogP contribution in [-0.4, -0.2) is 48.4 Å². The molecule has 9 heteroatoms. The first kappa shape index (κ1) is 20.8. The summed E-state index contributed by atoms with van der Waals surface area (Å²) in [6.45, 7) is 1.62. The van der Waals surface area contributed by atoms with Crippen molar-refractivity contribution in [2.45, 2.75) is 36.5 Å². The smallest absolute Gasteiger partial charge is 0.243 e. The maximum Gasteiger partial charge on any atom is 0.243 e. The molecule has 0 aliphatic carbocycles. The van der Waals surface area contributed by atoms with Crippen molar-refractivity contribution in [1.29, 1.82) is 0 Å². The fourth-order valence-electron chi connectivity index (χ4n) is 4.28. The number of amides is 1. The predicted molar refractivity (Wildman–Crippen MR) is 118 cm³/mol. The normalized spacial score (nSPS) is 20.1. The molecule has 0 bridgehead atoms. The van der Waals surface area contributed by atoms with E-state index in [0.29, 0.717) is 43.3 Å². The zero-order valence-electron chi connectivity index (χ0n) is 17.6. The Hall–Kier alpha value is -3.04. The monoisotopic (exact) mass is 452 g/mol. The molecule has 5 rings (SSSR count). The topological polar surface area (TPSA) is 96.6 Å². The Bertz CT molecular complexity index is 1200. The second-order valence-electron chi connectivity index (χ2n) is 8.19. The number of rotatable bonds is 5. The lowest BCUT2D eigenvalue weighted by atomic mass is 10.1. The van der Waals surface area contributed by atoms with Crippen LogP contribution in [0.4, 0.5) is 5.69 Å². The molecule has 166 valence electrons. The van der Waals surface area contributed by atoms with Crippen LogP contribution in [0.1, 0.15) is 37.5 Å². The fourth-order valence-corrected chi connectivity index (χ4v) is 5.80. The highest BCUT2D eigenvalue weighted by atomic mass is 32.2. The summed E-state index contributed by atoms with van der Waals surface area (Å²) >= 11 is 0. The van der Waals surface area contributed by atoms with E-state index in [1.165, 1.54) is 0 Å². The van der Waals surface area contributed by atoms with Gasteiger partial charge in [0.15, 0.2) is 0 Å². The number of carbonyl (C=O) groups excluding carboxylic acids is 1. The third kappa shape index (κ3) is 3.93. The van der Waals surface area contributed by atoms with Gasteiger partial charge in [-0.1, -0.05) is 29.8 Å². The lowest BCUT2D eigenvalue weighted by Crippen LogP contribution is -2.35. The molecule has 3 aromatic rings. The van der Waals surface area contributed by atoms with Crippen LogP contribution in [0.5, 0.6) is 0 Å². The summed E-state index contributed by atoms with van der Waals surface area (Å²) in [4.78, 5) is 19.0. The van der Waals surface area contributed by atoms with Gasteiger partial charge in [0.2, 0.25) is 27.6 Å². The Morgan fingerprint density at radius 2 is 1.66 bits per heavy atom. The third-order valence-corrected chi connectivity index (χ3v) is 7.96. The summed E-state index contributed by atoms with van der Waals surface area (Å²) in [5.74, 6) is 0.639. The third-order valence-electron chi connectivity index (χ3n) is 6.05. The van der Waals surface area contributed by atoms with Gasteiger partial charge in [0.1, 0.15) is 0 Å². The second kappa shape index (κ2) is 8.48. The summed E-state index contributed by atoms with van der Waals surface area (Å²) in [6, 6.07) is 16.1. The zero-order valence-corrected chi connectivity index (χ0v) is 18.4. The van der Waals surface area contributed by atoms with Crippen molar-refractivity contribution in [1.82, 2.24) is 14.4 Å². The van der Waals surface area contributed by atoms with Gasteiger partial charge in [-0.15, -0.1) is 0 Å². The second-order valence-corrected chi connectivity index (χ2v) is 10.1. The quantitative estimate of drug-likeness (QED) is 0.588. The number of para-hydroxylation sites is 1. The van der Waals surface area contributed by atoms with Gasteiger partial charge in [0.25, 0.3) is 0 Å². The number of anilines is 1. The van der Waals surface area contributed by atoms with Crippen LogP contribution in [0.15, 0.2) is 64.0 Å². The van der Waals surface area contributed by atoms with Gasteiger partial charge in [0, 0.05) is 37.3 Å². The van der Waals surface area contributed by atoms with Gasteiger partial charge in [-0.25, -0.2) is 8.42 Å². The van der Waals surface area contributed by atoms with Gasteiger partial charge in [-0.05, 0) is 49.2 Å². The van der Waals surface area contributed by atoms with Crippen molar-refractivity contribution >= 4 is 21.6 Å². The summed E-state index contributed by atoms with van der Waals surface area (Å²) in [7, 11) is -3.48. The summed E-state index contributed by atoms with van der Waals surface area (Å²) in [5.41, 5.74) is 1.52. The number of benzene rings is 2. The van der Waals surface area contributed by atoms with Crippen LogP contribution in [-0.2, 0) is 14.8 Å². The molecule has 32 heavy (non-hydrogen) atoms. The lowest BCUT2D eigenvalue weighted by Gasteiger charge is -2.25. The standard InChI is InChI=1S/C23H24N4O4S/c28-21-15-18(16-27(21)19-7-3-1-4-8-19)23-24-22(25-31-23)17-9-11-20(12-10-17)32(29,30)26-13-5-2-6-14-26/h1,3-4,7-12,18H,2,5-6,13-16H2/t18-/m1/s1. The van der Waals surface area contributed by atoms with Crippen molar-refractivity contribution in [2.75, 3.05) is 24.5 Å². The molecule has 3 heterocycles. The molecule has 0 spiro atoms. The van der Waals surface area contributed by atoms with Crippen LogP contribution in [0.2, 0.25) is 0 Å². The molecule has 1 amide bonds. The zero-order chi connectivity index (χ0) is 22.1. The van der Waals surface area contributed by atoms with Crippen LogP contribution < -0.4 is 4.90 Å².